The van der Waals surface area contributed by atoms with E-state index in [2.05, 4.69) is 164 Å². The number of furan rings is 1. The van der Waals surface area contributed by atoms with Crippen molar-refractivity contribution in [1.82, 2.24) is 0 Å². The Morgan fingerprint density at radius 1 is 0.320 bits per heavy atom. The molecule has 12 rings (SSSR count). The molecule has 0 saturated carbocycles. The molecule has 0 fully saturated rings. The molecule has 1 atom stereocenters. The molecule has 1 nitrogen and oxygen atoms in total. The lowest BCUT2D eigenvalue weighted by atomic mass is 9.49. The normalized spacial score (nSPS) is 15.7. The molecule has 10 aromatic rings. The molecule has 9 aromatic carbocycles. The molecular weight excluding hydrogens is 605 g/mol. The lowest BCUT2D eigenvalue weighted by Crippen LogP contribution is -2.43. The van der Waals surface area contributed by atoms with E-state index < -0.39 is 0 Å². The number of para-hydroxylation sites is 1. The van der Waals surface area contributed by atoms with Crippen LogP contribution in [0.2, 0.25) is 0 Å². The molecule has 1 heterocycles. The molecule has 0 aliphatic heterocycles. The van der Waals surface area contributed by atoms with Gasteiger partial charge in [-0.25, -0.2) is 0 Å². The zero-order chi connectivity index (χ0) is 32.6. The Morgan fingerprint density at radius 2 is 0.880 bits per heavy atom. The minimum atomic E-state index is -0.220. The van der Waals surface area contributed by atoms with Crippen molar-refractivity contribution in [3.05, 3.63) is 192 Å². The summed E-state index contributed by atoms with van der Waals surface area (Å²) in [4.78, 5) is 0. The zero-order valence-corrected chi connectivity index (χ0v) is 27.1. The van der Waals surface area contributed by atoms with E-state index in [1.165, 1.54) is 88.0 Å². The van der Waals surface area contributed by atoms with Gasteiger partial charge in [0.2, 0.25) is 0 Å². The average molecular weight is 633 g/mol. The fraction of sp³-hybridized carbons (Fsp3) is 0.0204. The zero-order valence-electron chi connectivity index (χ0n) is 27.1. The maximum atomic E-state index is 6.31. The Bertz CT molecular complexity index is 3080. The van der Waals surface area contributed by atoms with Crippen molar-refractivity contribution in [1.29, 1.82) is 0 Å². The Kier molecular flexibility index (Phi) is 4.97. The van der Waals surface area contributed by atoms with Crippen LogP contribution in [0.25, 0.3) is 87.6 Å². The lowest BCUT2D eigenvalue weighted by Gasteiger charge is -2.52. The van der Waals surface area contributed by atoms with Crippen LogP contribution < -0.4 is 0 Å². The second-order valence-corrected chi connectivity index (χ2v) is 14.0. The monoisotopic (exact) mass is 632 g/mol. The van der Waals surface area contributed by atoms with Gasteiger partial charge in [0.05, 0.1) is 5.41 Å². The molecule has 0 bridgehead atoms. The van der Waals surface area contributed by atoms with E-state index in [1.807, 2.05) is 6.07 Å². The summed E-state index contributed by atoms with van der Waals surface area (Å²) in [6.07, 6.45) is 0. The van der Waals surface area contributed by atoms with Gasteiger partial charge >= 0.3 is 0 Å². The van der Waals surface area contributed by atoms with E-state index in [-0.39, 0.29) is 5.41 Å². The molecule has 1 aromatic heterocycles. The van der Waals surface area contributed by atoms with Crippen molar-refractivity contribution in [2.45, 2.75) is 5.41 Å². The van der Waals surface area contributed by atoms with Gasteiger partial charge in [-0.3, -0.25) is 0 Å². The number of rotatable bonds is 3. The molecule has 1 heteroatoms. The van der Waals surface area contributed by atoms with Crippen LogP contribution in [0, 0.1) is 0 Å². The topological polar surface area (TPSA) is 13.1 Å². The quantitative estimate of drug-likeness (QED) is 0.189. The van der Waals surface area contributed by atoms with E-state index >= 15 is 0 Å². The highest BCUT2D eigenvalue weighted by atomic mass is 16.3. The van der Waals surface area contributed by atoms with Crippen LogP contribution in [0.15, 0.2) is 174 Å². The summed E-state index contributed by atoms with van der Waals surface area (Å²) in [7, 11) is 0. The van der Waals surface area contributed by atoms with Crippen molar-refractivity contribution in [3.8, 4) is 33.4 Å². The molecular formula is C49H28O. The number of hydrogen-bond donors (Lipinski definition) is 0. The van der Waals surface area contributed by atoms with Crippen molar-refractivity contribution >= 4 is 54.3 Å². The molecule has 1 unspecified atom stereocenters. The predicted octanol–water partition coefficient (Wildman–Crippen LogP) is 13.1. The summed E-state index contributed by atoms with van der Waals surface area (Å²) in [6, 6.07) is 62.7. The average Bonchev–Trinajstić information content (AvgIpc) is 3.54. The van der Waals surface area contributed by atoms with Gasteiger partial charge in [-0.1, -0.05) is 127 Å². The molecule has 2 aliphatic rings. The Morgan fingerprint density at radius 3 is 1.64 bits per heavy atom. The SMILES string of the molecule is c1ccc2c(-c3ccc(-c4cc5c6c(cccc6c4)C54c5cccc6cc(-c7ccc8c(c7)oc7ccccc78)cc4c56)cc3)cccc2c1. The van der Waals surface area contributed by atoms with E-state index in [4.69, 9.17) is 4.42 Å². The Labute approximate surface area is 288 Å². The molecule has 50 heavy (non-hydrogen) atoms. The smallest absolute Gasteiger partial charge is 0.136 e. The first-order valence-corrected chi connectivity index (χ1v) is 17.4. The second-order valence-electron chi connectivity index (χ2n) is 14.0. The Hall–Kier alpha value is -6.44. The number of fused-ring (bicyclic) bond motifs is 8. The highest BCUT2D eigenvalue weighted by Crippen LogP contribution is 2.65. The highest BCUT2D eigenvalue weighted by Gasteiger charge is 2.54. The van der Waals surface area contributed by atoms with Crippen molar-refractivity contribution in [2.24, 2.45) is 0 Å². The number of hydrogen-bond acceptors (Lipinski definition) is 1. The van der Waals surface area contributed by atoms with Gasteiger partial charge in [-0.15, -0.1) is 0 Å². The molecule has 0 N–H and O–H groups in total. The molecule has 1 spiro atoms. The fourth-order valence-corrected chi connectivity index (χ4v) is 9.38. The largest absolute Gasteiger partial charge is 0.456 e. The van der Waals surface area contributed by atoms with Gasteiger partial charge in [0.15, 0.2) is 0 Å². The lowest BCUT2D eigenvalue weighted by molar-refractivity contribution is 0.669. The highest BCUT2D eigenvalue weighted by molar-refractivity contribution is 6.13. The van der Waals surface area contributed by atoms with Crippen LogP contribution in [0.5, 0.6) is 0 Å². The standard InChI is InChI=1S/C49H28O/c1-2-12-37-30(8-1)9-5-14-38(37)31-20-18-29(19-21-31)35-24-33-10-6-15-41-47(33)43(26-35)49(41)42-16-7-11-34-25-36(27-44(49)48(34)42)32-22-23-40-39-13-3-4-17-45(39)50-46(40)28-32/h1-28H. The van der Waals surface area contributed by atoms with Crippen molar-refractivity contribution in [3.63, 3.8) is 0 Å². The van der Waals surface area contributed by atoms with Gasteiger partial charge in [0, 0.05) is 10.8 Å². The second kappa shape index (κ2) is 9.37. The third kappa shape index (κ3) is 3.27. The summed E-state index contributed by atoms with van der Waals surface area (Å²) in [6.45, 7) is 0. The van der Waals surface area contributed by atoms with Gasteiger partial charge in [0.25, 0.3) is 0 Å². The van der Waals surface area contributed by atoms with Gasteiger partial charge in [-0.2, -0.15) is 0 Å². The molecule has 0 radical (unpaired) electrons. The molecule has 2 aliphatic carbocycles. The summed E-state index contributed by atoms with van der Waals surface area (Å²) in [5.74, 6) is 0. The first-order chi connectivity index (χ1) is 24.8. The predicted molar refractivity (Wildman–Crippen MR) is 208 cm³/mol. The van der Waals surface area contributed by atoms with Gasteiger partial charge in [0.1, 0.15) is 11.2 Å². The molecule has 230 valence electrons. The van der Waals surface area contributed by atoms with Crippen LogP contribution in [0.4, 0.5) is 0 Å². The summed E-state index contributed by atoms with van der Waals surface area (Å²) < 4.78 is 6.31. The third-order valence-corrected chi connectivity index (χ3v) is 11.6. The maximum absolute atomic E-state index is 6.31. The van der Waals surface area contributed by atoms with E-state index in [1.54, 1.807) is 0 Å². The van der Waals surface area contributed by atoms with Crippen molar-refractivity contribution < 1.29 is 4.42 Å². The van der Waals surface area contributed by atoms with Crippen LogP contribution in [0.3, 0.4) is 0 Å². The summed E-state index contributed by atoms with van der Waals surface area (Å²) in [5.41, 5.74) is 14.7. The van der Waals surface area contributed by atoms with Gasteiger partial charge < -0.3 is 4.42 Å². The molecule has 0 saturated heterocycles. The third-order valence-electron chi connectivity index (χ3n) is 11.6. The summed E-state index contributed by atoms with van der Waals surface area (Å²) in [5, 5.41) is 10.3. The molecule has 0 amide bonds. The van der Waals surface area contributed by atoms with Crippen LogP contribution in [0.1, 0.15) is 22.3 Å². The van der Waals surface area contributed by atoms with E-state index in [0.29, 0.717) is 0 Å². The minimum absolute atomic E-state index is 0.220. The fourth-order valence-electron chi connectivity index (χ4n) is 9.38. The Balaban J connectivity index is 1.00. The van der Waals surface area contributed by atoms with Gasteiger partial charge in [-0.05, 0) is 130 Å². The minimum Gasteiger partial charge on any atom is -0.456 e. The summed E-state index contributed by atoms with van der Waals surface area (Å²) >= 11 is 0. The first-order valence-electron chi connectivity index (χ1n) is 17.4. The first kappa shape index (κ1) is 26.5. The maximum Gasteiger partial charge on any atom is 0.136 e. The van der Waals surface area contributed by atoms with E-state index in [9.17, 15) is 0 Å². The number of benzene rings is 9. The van der Waals surface area contributed by atoms with Crippen molar-refractivity contribution in [2.75, 3.05) is 0 Å². The van der Waals surface area contributed by atoms with Crippen LogP contribution >= 0.6 is 0 Å². The van der Waals surface area contributed by atoms with Crippen LogP contribution in [-0.2, 0) is 5.41 Å². The van der Waals surface area contributed by atoms with E-state index in [0.717, 1.165) is 21.9 Å². The van der Waals surface area contributed by atoms with Crippen LogP contribution in [-0.4, -0.2) is 0 Å².